The van der Waals surface area contributed by atoms with Gasteiger partial charge in [0.15, 0.2) is 0 Å². The Bertz CT molecular complexity index is 616. The van der Waals surface area contributed by atoms with Crippen LogP contribution >= 0.6 is 22.9 Å². The first-order chi connectivity index (χ1) is 8.24. The molecule has 84 valence electrons. The maximum Gasteiger partial charge on any atom is 0.256 e. The molecule has 0 saturated carbocycles. The second-order valence-corrected chi connectivity index (χ2v) is 5.13. The molecule has 0 unspecified atom stereocenters. The lowest BCUT2D eigenvalue weighted by atomic mass is 10.1. The van der Waals surface area contributed by atoms with Gasteiger partial charge in [0.25, 0.3) is 5.91 Å². The fraction of sp³-hybridized carbons (Fsp3) is 0. The Morgan fingerprint density at radius 2 is 2.18 bits per heavy atom. The number of benzene rings is 1. The van der Waals surface area contributed by atoms with Crippen LogP contribution in [0, 0.1) is 0 Å². The molecule has 1 N–H and O–H groups in total. The van der Waals surface area contributed by atoms with Crippen molar-refractivity contribution in [1.82, 2.24) is 0 Å². The summed E-state index contributed by atoms with van der Waals surface area (Å²) in [5, 5.41) is 5.45. The lowest BCUT2D eigenvalue weighted by Gasteiger charge is -1.98. The Morgan fingerprint density at radius 3 is 2.94 bits per heavy atom. The van der Waals surface area contributed by atoms with Gasteiger partial charge in [0.05, 0.1) is 5.57 Å². The van der Waals surface area contributed by atoms with Crippen molar-refractivity contribution in [2.75, 3.05) is 5.32 Å². The van der Waals surface area contributed by atoms with Gasteiger partial charge in [-0.3, -0.25) is 4.79 Å². The summed E-state index contributed by atoms with van der Waals surface area (Å²) in [7, 11) is 0. The molecule has 1 aliphatic rings. The first kappa shape index (κ1) is 10.6. The topological polar surface area (TPSA) is 29.1 Å². The van der Waals surface area contributed by atoms with Crippen LogP contribution in [0.25, 0.3) is 11.6 Å². The molecular formula is C13H8ClNOS. The summed E-state index contributed by atoms with van der Waals surface area (Å²) in [5.41, 5.74) is 2.36. The summed E-state index contributed by atoms with van der Waals surface area (Å²) >= 11 is 7.56. The number of carbonyl (C=O) groups is 1. The van der Waals surface area contributed by atoms with Crippen LogP contribution in [0.1, 0.15) is 10.4 Å². The fourth-order valence-electron chi connectivity index (χ4n) is 1.82. The van der Waals surface area contributed by atoms with Gasteiger partial charge in [-0.2, -0.15) is 0 Å². The van der Waals surface area contributed by atoms with Crippen LogP contribution < -0.4 is 5.32 Å². The summed E-state index contributed by atoms with van der Waals surface area (Å²) in [6, 6.07) is 9.35. The van der Waals surface area contributed by atoms with E-state index in [-0.39, 0.29) is 5.91 Å². The van der Waals surface area contributed by atoms with Gasteiger partial charge in [-0.25, -0.2) is 0 Å². The van der Waals surface area contributed by atoms with Crippen LogP contribution in [0.15, 0.2) is 35.7 Å². The normalized spacial score (nSPS) is 16.1. The zero-order chi connectivity index (χ0) is 11.8. The van der Waals surface area contributed by atoms with Crippen LogP contribution in [0.4, 0.5) is 5.69 Å². The Hall–Kier alpha value is -1.58. The minimum absolute atomic E-state index is 0.0735. The maximum absolute atomic E-state index is 11.9. The van der Waals surface area contributed by atoms with Crippen LogP contribution in [-0.4, -0.2) is 5.91 Å². The zero-order valence-electron chi connectivity index (χ0n) is 8.74. The Balaban J connectivity index is 2.13. The van der Waals surface area contributed by atoms with Crippen molar-refractivity contribution in [3.8, 4) is 0 Å². The molecule has 4 heteroatoms. The number of hydrogen-bond donors (Lipinski definition) is 1. The van der Waals surface area contributed by atoms with E-state index in [4.69, 9.17) is 11.6 Å². The molecule has 2 nitrogen and oxygen atoms in total. The summed E-state index contributed by atoms with van der Waals surface area (Å²) in [4.78, 5) is 12.9. The Morgan fingerprint density at radius 1 is 1.29 bits per heavy atom. The van der Waals surface area contributed by atoms with Crippen molar-refractivity contribution in [2.24, 2.45) is 0 Å². The molecule has 0 aliphatic carbocycles. The SMILES string of the molecule is O=C1Nc2ccc(Cl)cc2/C1=C\c1cccs1. The van der Waals surface area contributed by atoms with Crippen LogP contribution in [0.3, 0.4) is 0 Å². The monoisotopic (exact) mass is 261 g/mol. The molecule has 0 atom stereocenters. The number of fused-ring (bicyclic) bond motifs is 1. The number of amides is 1. The van der Waals surface area contributed by atoms with Crippen LogP contribution in [0.5, 0.6) is 0 Å². The molecule has 3 rings (SSSR count). The van der Waals surface area contributed by atoms with Gasteiger partial charge >= 0.3 is 0 Å². The van der Waals surface area contributed by atoms with E-state index in [0.717, 1.165) is 16.1 Å². The predicted molar refractivity (Wildman–Crippen MR) is 72.3 cm³/mol. The quantitative estimate of drug-likeness (QED) is 0.775. The van der Waals surface area contributed by atoms with Crippen molar-refractivity contribution < 1.29 is 4.79 Å². The van der Waals surface area contributed by atoms with E-state index in [0.29, 0.717) is 10.6 Å². The highest BCUT2D eigenvalue weighted by Gasteiger charge is 2.24. The molecule has 1 aromatic carbocycles. The number of hydrogen-bond acceptors (Lipinski definition) is 2. The van der Waals surface area contributed by atoms with Crippen molar-refractivity contribution in [2.45, 2.75) is 0 Å². The smallest absolute Gasteiger partial charge is 0.256 e. The van der Waals surface area contributed by atoms with E-state index in [1.54, 1.807) is 17.4 Å². The van der Waals surface area contributed by atoms with E-state index in [1.807, 2.05) is 35.7 Å². The molecule has 0 radical (unpaired) electrons. The van der Waals surface area contributed by atoms with E-state index in [2.05, 4.69) is 5.32 Å². The second kappa shape index (κ2) is 4.02. The highest BCUT2D eigenvalue weighted by Crippen LogP contribution is 2.35. The third-order valence-corrected chi connectivity index (χ3v) is 3.65. The average molecular weight is 262 g/mol. The molecule has 0 saturated heterocycles. The molecule has 1 aliphatic heterocycles. The standard InChI is InChI=1S/C13H8ClNOS/c14-8-3-4-12-10(6-8)11(13(16)15-12)7-9-2-1-5-17-9/h1-7H,(H,15,16)/b11-7+. The largest absolute Gasteiger partial charge is 0.321 e. The van der Waals surface area contributed by atoms with Crippen molar-refractivity contribution in [3.05, 3.63) is 51.2 Å². The highest BCUT2D eigenvalue weighted by atomic mass is 35.5. The molecule has 2 heterocycles. The van der Waals surface area contributed by atoms with Gasteiger partial charge in [-0.15, -0.1) is 11.3 Å². The average Bonchev–Trinajstić information content (AvgIpc) is 2.90. The van der Waals surface area contributed by atoms with Crippen LogP contribution in [0.2, 0.25) is 5.02 Å². The molecule has 0 spiro atoms. The molecule has 1 amide bonds. The zero-order valence-corrected chi connectivity index (χ0v) is 10.3. The number of anilines is 1. The first-order valence-corrected chi connectivity index (χ1v) is 6.36. The molecule has 17 heavy (non-hydrogen) atoms. The molecular weight excluding hydrogens is 254 g/mol. The number of rotatable bonds is 1. The lowest BCUT2D eigenvalue weighted by Crippen LogP contribution is -2.03. The molecule has 0 fully saturated rings. The second-order valence-electron chi connectivity index (χ2n) is 3.72. The minimum atomic E-state index is -0.0735. The van der Waals surface area contributed by atoms with E-state index in [9.17, 15) is 4.79 Å². The van der Waals surface area contributed by atoms with Gasteiger partial charge in [-0.05, 0) is 35.7 Å². The van der Waals surface area contributed by atoms with E-state index < -0.39 is 0 Å². The van der Waals surface area contributed by atoms with E-state index in [1.165, 1.54) is 0 Å². The molecule has 0 bridgehead atoms. The van der Waals surface area contributed by atoms with Gasteiger partial charge in [0.2, 0.25) is 0 Å². The number of nitrogens with one attached hydrogen (secondary N) is 1. The van der Waals surface area contributed by atoms with E-state index >= 15 is 0 Å². The van der Waals surface area contributed by atoms with Gasteiger partial charge in [0.1, 0.15) is 0 Å². The van der Waals surface area contributed by atoms with Gasteiger partial charge in [-0.1, -0.05) is 17.7 Å². The summed E-state index contributed by atoms with van der Waals surface area (Å²) in [5.74, 6) is -0.0735. The number of thiophene rings is 1. The molecule has 2 aromatic rings. The summed E-state index contributed by atoms with van der Waals surface area (Å²) in [6.07, 6.45) is 1.89. The Kier molecular flexibility index (Phi) is 2.50. The third-order valence-electron chi connectivity index (χ3n) is 2.59. The number of carbonyl (C=O) groups excluding carboxylic acids is 1. The van der Waals surface area contributed by atoms with Crippen molar-refractivity contribution in [1.29, 1.82) is 0 Å². The van der Waals surface area contributed by atoms with Crippen molar-refractivity contribution >= 4 is 46.2 Å². The lowest BCUT2D eigenvalue weighted by molar-refractivity contribution is -0.110. The minimum Gasteiger partial charge on any atom is -0.321 e. The van der Waals surface area contributed by atoms with Gasteiger partial charge < -0.3 is 5.32 Å². The Labute approximate surface area is 108 Å². The fourth-order valence-corrected chi connectivity index (χ4v) is 2.65. The number of halogens is 1. The predicted octanol–water partition coefficient (Wildman–Crippen LogP) is 3.89. The van der Waals surface area contributed by atoms with Gasteiger partial charge in [0, 0.05) is 21.2 Å². The maximum atomic E-state index is 11.9. The molecule has 1 aromatic heterocycles. The third kappa shape index (κ3) is 1.88. The first-order valence-electron chi connectivity index (χ1n) is 5.10. The van der Waals surface area contributed by atoms with Crippen molar-refractivity contribution in [3.63, 3.8) is 0 Å². The van der Waals surface area contributed by atoms with Crippen LogP contribution in [-0.2, 0) is 4.79 Å². The highest BCUT2D eigenvalue weighted by molar-refractivity contribution is 7.11. The summed E-state index contributed by atoms with van der Waals surface area (Å²) in [6.45, 7) is 0. The summed E-state index contributed by atoms with van der Waals surface area (Å²) < 4.78 is 0.